The third-order valence-corrected chi connectivity index (χ3v) is 5.32. The Morgan fingerprint density at radius 3 is 2.35 bits per heavy atom. The van der Waals surface area contributed by atoms with Crippen LogP contribution in [0.15, 0.2) is 30.3 Å². The molecule has 0 radical (unpaired) electrons. The van der Waals surface area contributed by atoms with Gasteiger partial charge in [-0.15, -0.1) is 11.8 Å². The summed E-state index contributed by atoms with van der Waals surface area (Å²) in [5.41, 5.74) is 5.75. The highest BCUT2D eigenvalue weighted by Crippen LogP contribution is 2.29. The van der Waals surface area contributed by atoms with Crippen LogP contribution in [0, 0.1) is 0 Å². The predicted octanol–water partition coefficient (Wildman–Crippen LogP) is -1.28. The van der Waals surface area contributed by atoms with E-state index in [1.807, 2.05) is 0 Å². The van der Waals surface area contributed by atoms with Gasteiger partial charge >= 0.3 is 0 Å². The Labute approximate surface area is 156 Å². The Hall–Kier alpha value is -1.20. The number of hydrogen-bond acceptors (Lipinski definition) is 8. The third-order valence-electron chi connectivity index (χ3n) is 4.46. The van der Waals surface area contributed by atoms with Gasteiger partial charge in [0.1, 0.15) is 35.9 Å². The number of carbonyl (C=O) groups excluding carboxylic acids is 1. The lowest BCUT2D eigenvalue weighted by Crippen LogP contribution is -2.65. The Kier molecular flexibility index (Phi) is 7.42. The molecule has 1 heterocycles. The maximum absolute atomic E-state index is 12.5. The second-order valence-electron chi connectivity index (χ2n) is 6.34. The molecule has 0 spiro atoms. The molecule has 1 aromatic rings. The summed E-state index contributed by atoms with van der Waals surface area (Å²) in [6.07, 6.45) is -4.76. The Bertz CT molecular complexity index is 588. The molecular formula is C17H26N2O6S. The zero-order valence-corrected chi connectivity index (χ0v) is 15.4. The molecule has 1 saturated heterocycles. The number of rotatable bonds is 6. The fourth-order valence-electron chi connectivity index (χ4n) is 2.91. The molecule has 2 rings (SSSR count). The third kappa shape index (κ3) is 4.55. The molecule has 0 aromatic heterocycles. The van der Waals surface area contributed by atoms with Crippen molar-refractivity contribution in [1.29, 1.82) is 0 Å². The van der Waals surface area contributed by atoms with Gasteiger partial charge < -0.3 is 36.2 Å². The fourth-order valence-corrected chi connectivity index (χ4v) is 3.59. The first kappa shape index (κ1) is 21.1. The van der Waals surface area contributed by atoms with E-state index in [0.29, 0.717) is 5.56 Å². The highest BCUT2D eigenvalue weighted by molar-refractivity contribution is 7.99. The minimum Gasteiger partial charge on any atom is -0.391 e. The van der Waals surface area contributed by atoms with Crippen molar-refractivity contribution in [2.75, 3.05) is 6.26 Å². The number of benzene rings is 1. The number of ether oxygens (including phenoxy) is 1. The van der Waals surface area contributed by atoms with E-state index in [4.69, 9.17) is 10.5 Å². The molecule has 0 saturated carbocycles. The number of aliphatic hydroxyl groups is 4. The maximum Gasteiger partial charge on any atom is 0.241 e. The van der Waals surface area contributed by atoms with Gasteiger partial charge in [0.25, 0.3) is 0 Å². The number of carbonyl (C=O) groups is 1. The van der Waals surface area contributed by atoms with E-state index >= 15 is 0 Å². The van der Waals surface area contributed by atoms with Crippen LogP contribution in [0.25, 0.3) is 0 Å². The van der Waals surface area contributed by atoms with E-state index in [0.717, 1.165) is 11.8 Å². The maximum atomic E-state index is 12.5. The summed E-state index contributed by atoms with van der Waals surface area (Å²) < 4.78 is 5.63. The molecule has 1 amide bonds. The van der Waals surface area contributed by atoms with Crippen molar-refractivity contribution < 1.29 is 30.0 Å². The summed E-state index contributed by atoms with van der Waals surface area (Å²) in [5, 5.41) is 43.0. The van der Waals surface area contributed by atoms with Crippen molar-refractivity contribution >= 4 is 17.7 Å². The lowest BCUT2D eigenvalue weighted by Gasteiger charge is -2.44. The van der Waals surface area contributed by atoms with E-state index in [1.54, 1.807) is 36.6 Å². The molecule has 0 unspecified atom stereocenters. The molecule has 9 heteroatoms. The number of thioether (sulfide) groups is 1. The van der Waals surface area contributed by atoms with Gasteiger partial charge in [-0.3, -0.25) is 4.79 Å². The highest BCUT2D eigenvalue weighted by atomic mass is 32.2. The quantitative estimate of drug-likeness (QED) is 0.355. The van der Waals surface area contributed by atoms with E-state index in [9.17, 15) is 25.2 Å². The molecule has 1 aromatic carbocycles. The minimum atomic E-state index is -1.48. The fraction of sp³-hybridized carbons (Fsp3) is 0.588. The van der Waals surface area contributed by atoms with Gasteiger partial charge in [0.15, 0.2) is 0 Å². The zero-order chi connectivity index (χ0) is 19.4. The zero-order valence-electron chi connectivity index (χ0n) is 14.6. The molecule has 0 aliphatic carbocycles. The van der Waals surface area contributed by atoms with Gasteiger partial charge in [0, 0.05) is 0 Å². The number of aliphatic hydroxyl groups excluding tert-OH is 4. The molecule has 146 valence electrons. The standard InChI is InChI=1S/C17H26N2O6S/c1-8(20)11(15-13(22)12(21)14(23)17(25-15)26-2)19-16(24)10(18)9-6-4-3-5-7-9/h3-8,10-15,17,20-23H,18H2,1-2H3,(H,19,24)/t8-,10+,11-,12+,13-,14-,15-,17-/m1/s1. The molecule has 26 heavy (non-hydrogen) atoms. The SMILES string of the molecule is CS[C@H]1O[C@H]([C@H](NC(=O)[C@@H](N)c2ccccc2)[C@@H](C)O)[C@H](O)[C@H](O)[C@H]1O. The monoisotopic (exact) mass is 386 g/mol. The van der Waals surface area contributed by atoms with Crippen LogP contribution in [-0.4, -0.2) is 74.6 Å². The lowest BCUT2D eigenvalue weighted by molar-refractivity contribution is -0.211. The van der Waals surface area contributed by atoms with Crippen LogP contribution in [0.1, 0.15) is 18.5 Å². The van der Waals surface area contributed by atoms with Crippen molar-refractivity contribution in [2.45, 2.75) is 55.0 Å². The first-order valence-corrected chi connectivity index (χ1v) is 9.58. The molecule has 1 aliphatic rings. The molecule has 1 aliphatic heterocycles. The molecule has 0 bridgehead atoms. The summed E-state index contributed by atoms with van der Waals surface area (Å²) >= 11 is 1.15. The van der Waals surface area contributed by atoms with Gasteiger partial charge in [0.05, 0.1) is 12.1 Å². The number of nitrogens with one attached hydrogen (secondary N) is 1. The Balaban J connectivity index is 2.16. The first-order valence-electron chi connectivity index (χ1n) is 8.29. The van der Waals surface area contributed by atoms with Crippen LogP contribution in [0.5, 0.6) is 0 Å². The van der Waals surface area contributed by atoms with Gasteiger partial charge in [-0.25, -0.2) is 0 Å². The molecule has 7 N–H and O–H groups in total. The normalized spacial score (nSPS) is 32.5. The van der Waals surface area contributed by atoms with Gasteiger partial charge in [-0.2, -0.15) is 0 Å². The summed E-state index contributed by atoms with van der Waals surface area (Å²) in [6.45, 7) is 1.43. The smallest absolute Gasteiger partial charge is 0.241 e. The van der Waals surface area contributed by atoms with Crippen LogP contribution in [0.3, 0.4) is 0 Å². The minimum absolute atomic E-state index is 0.556. The largest absolute Gasteiger partial charge is 0.391 e. The predicted molar refractivity (Wildman–Crippen MR) is 97.2 cm³/mol. The second-order valence-corrected chi connectivity index (χ2v) is 7.28. The molecule has 8 atom stereocenters. The number of hydrogen-bond donors (Lipinski definition) is 6. The first-order chi connectivity index (χ1) is 12.3. The average molecular weight is 386 g/mol. The molecule has 8 nitrogen and oxygen atoms in total. The number of amides is 1. The van der Waals surface area contributed by atoms with Crippen molar-refractivity contribution in [3.8, 4) is 0 Å². The van der Waals surface area contributed by atoms with E-state index < -0.39 is 53.9 Å². The van der Waals surface area contributed by atoms with E-state index in [-0.39, 0.29) is 0 Å². The second kappa shape index (κ2) is 9.14. The van der Waals surface area contributed by atoms with Gasteiger partial charge in [-0.1, -0.05) is 30.3 Å². The van der Waals surface area contributed by atoms with Crippen molar-refractivity contribution in [3.63, 3.8) is 0 Å². The van der Waals surface area contributed by atoms with Crippen LogP contribution < -0.4 is 11.1 Å². The Morgan fingerprint density at radius 1 is 1.19 bits per heavy atom. The highest BCUT2D eigenvalue weighted by Gasteiger charge is 2.48. The summed E-state index contributed by atoms with van der Waals surface area (Å²) in [5.74, 6) is -0.556. The average Bonchev–Trinajstić information content (AvgIpc) is 2.64. The van der Waals surface area contributed by atoms with Gasteiger partial charge in [-0.05, 0) is 18.7 Å². The van der Waals surface area contributed by atoms with E-state index in [1.165, 1.54) is 6.92 Å². The van der Waals surface area contributed by atoms with Gasteiger partial charge in [0.2, 0.25) is 5.91 Å². The van der Waals surface area contributed by atoms with Crippen LogP contribution >= 0.6 is 11.8 Å². The van der Waals surface area contributed by atoms with Crippen LogP contribution in [-0.2, 0) is 9.53 Å². The summed E-state index contributed by atoms with van der Waals surface area (Å²) in [4.78, 5) is 12.5. The molecule has 1 fully saturated rings. The van der Waals surface area contributed by atoms with Crippen molar-refractivity contribution in [1.82, 2.24) is 5.32 Å². The topological polar surface area (TPSA) is 145 Å². The van der Waals surface area contributed by atoms with Crippen molar-refractivity contribution in [2.24, 2.45) is 5.73 Å². The lowest BCUT2D eigenvalue weighted by atomic mass is 9.92. The van der Waals surface area contributed by atoms with Crippen LogP contribution in [0.4, 0.5) is 0 Å². The summed E-state index contributed by atoms with van der Waals surface area (Å²) in [7, 11) is 0. The summed E-state index contributed by atoms with van der Waals surface area (Å²) in [6, 6.07) is 6.73. The van der Waals surface area contributed by atoms with Crippen molar-refractivity contribution in [3.05, 3.63) is 35.9 Å². The van der Waals surface area contributed by atoms with E-state index in [2.05, 4.69) is 5.32 Å². The Morgan fingerprint density at radius 2 is 1.81 bits per heavy atom. The molecular weight excluding hydrogens is 360 g/mol. The number of nitrogens with two attached hydrogens (primary N) is 1. The van der Waals surface area contributed by atoms with Crippen LogP contribution in [0.2, 0.25) is 0 Å².